The molecule has 0 spiro atoms. The maximum atomic E-state index is 13.7. The fraction of sp³-hybridized carbons (Fsp3) is 0.310. The minimum Gasteiger partial charge on any atom is -0.352 e. The van der Waals surface area contributed by atoms with Crippen molar-refractivity contribution in [1.82, 2.24) is 10.2 Å². The molecule has 0 saturated carbocycles. The topological polar surface area (TPSA) is 49.4 Å². The van der Waals surface area contributed by atoms with Crippen LogP contribution >= 0.6 is 27.5 Å². The Labute approximate surface area is 221 Å². The third kappa shape index (κ3) is 8.22. The SMILES string of the molecule is CC[C@@H](C)NC(=O)[C@@H](Cc1ccccc1)N(Cc1cccc(Br)c1)C(=O)CCc1ccccc1Cl. The van der Waals surface area contributed by atoms with Crippen LogP contribution in [-0.4, -0.2) is 28.8 Å². The van der Waals surface area contributed by atoms with E-state index in [0.717, 1.165) is 27.6 Å². The number of aryl methyl sites for hydroxylation is 1. The minimum atomic E-state index is -0.635. The molecule has 6 heteroatoms. The first-order chi connectivity index (χ1) is 16.9. The Kier molecular flexibility index (Phi) is 10.4. The Balaban J connectivity index is 1.92. The van der Waals surface area contributed by atoms with Gasteiger partial charge in [-0.1, -0.05) is 95.1 Å². The average molecular weight is 556 g/mol. The molecule has 0 aromatic heterocycles. The zero-order chi connectivity index (χ0) is 25.2. The number of carbonyl (C=O) groups excluding carboxylic acids is 2. The van der Waals surface area contributed by atoms with Crippen molar-refractivity contribution in [3.63, 3.8) is 0 Å². The molecule has 0 aliphatic rings. The number of nitrogens with zero attached hydrogens (tertiary/aromatic N) is 1. The van der Waals surface area contributed by atoms with Gasteiger partial charge in [-0.05, 0) is 54.7 Å². The van der Waals surface area contributed by atoms with E-state index in [-0.39, 0.29) is 24.3 Å². The molecule has 0 radical (unpaired) electrons. The first-order valence-corrected chi connectivity index (χ1v) is 13.2. The Morgan fingerprint density at radius 1 is 0.971 bits per heavy atom. The van der Waals surface area contributed by atoms with Gasteiger partial charge in [0, 0.05) is 34.9 Å². The smallest absolute Gasteiger partial charge is 0.243 e. The highest BCUT2D eigenvalue weighted by Crippen LogP contribution is 2.21. The number of carbonyl (C=O) groups is 2. The summed E-state index contributed by atoms with van der Waals surface area (Å²) in [5, 5.41) is 3.75. The number of benzene rings is 3. The van der Waals surface area contributed by atoms with Gasteiger partial charge >= 0.3 is 0 Å². The molecule has 0 saturated heterocycles. The Hall–Kier alpha value is -2.63. The fourth-order valence-corrected chi connectivity index (χ4v) is 4.59. The monoisotopic (exact) mass is 554 g/mol. The van der Waals surface area contributed by atoms with Crippen LogP contribution in [0, 0.1) is 0 Å². The van der Waals surface area contributed by atoms with Crippen molar-refractivity contribution >= 4 is 39.3 Å². The third-order valence-corrected chi connectivity index (χ3v) is 6.94. The zero-order valence-electron chi connectivity index (χ0n) is 20.2. The van der Waals surface area contributed by atoms with Gasteiger partial charge in [0.15, 0.2) is 0 Å². The van der Waals surface area contributed by atoms with E-state index in [0.29, 0.717) is 24.4 Å². The average Bonchev–Trinajstić information content (AvgIpc) is 2.86. The number of nitrogens with one attached hydrogen (secondary N) is 1. The largest absolute Gasteiger partial charge is 0.352 e. The van der Waals surface area contributed by atoms with E-state index in [2.05, 4.69) is 21.2 Å². The van der Waals surface area contributed by atoms with Gasteiger partial charge in [-0.15, -0.1) is 0 Å². The third-order valence-electron chi connectivity index (χ3n) is 6.08. The maximum absolute atomic E-state index is 13.7. The Morgan fingerprint density at radius 3 is 2.34 bits per heavy atom. The summed E-state index contributed by atoms with van der Waals surface area (Å²) in [7, 11) is 0. The highest BCUT2D eigenvalue weighted by Gasteiger charge is 2.30. The van der Waals surface area contributed by atoms with E-state index >= 15 is 0 Å². The molecule has 0 bridgehead atoms. The van der Waals surface area contributed by atoms with Gasteiger partial charge in [-0.25, -0.2) is 0 Å². The van der Waals surface area contributed by atoms with Crippen LogP contribution in [0.5, 0.6) is 0 Å². The molecule has 2 atom stereocenters. The summed E-state index contributed by atoms with van der Waals surface area (Å²) in [5.41, 5.74) is 2.89. The molecule has 0 aliphatic heterocycles. The summed E-state index contributed by atoms with van der Waals surface area (Å²) < 4.78 is 0.933. The lowest BCUT2D eigenvalue weighted by Gasteiger charge is -2.32. The summed E-state index contributed by atoms with van der Waals surface area (Å²) in [4.78, 5) is 28.9. The van der Waals surface area contributed by atoms with Gasteiger partial charge < -0.3 is 10.2 Å². The Morgan fingerprint density at radius 2 is 1.66 bits per heavy atom. The van der Waals surface area contributed by atoms with Crippen molar-refractivity contribution < 1.29 is 9.59 Å². The standard InChI is InChI=1S/C29H32BrClN2O2/c1-3-21(2)32-29(35)27(19-22-10-5-4-6-11-22)33(20-23-12-9-14-25(30)18-23)28(34)17-16-24-13-7-8-15-26(24)31/h4-15,18,21,27H,3,16-17,19-20H2,1-2H3,(H,32,35)/t21-,27-/m1/s1. The van der Waals surface area contributed by atoms with Gasteiger partial charge in [0.05, 0.1) is 0 Å². The fourth-order valence-electron chi connectivity index (χ4n) is 3.91. The molecule has 3 aromatic rings. The van der Waals surface area contributed by atoms with Crippen molar-refractivity contribution in [2.75, 3.05) is 0 Å². The number of hydrogen-bond donors (Lipinski definition) is 1. The van der Waals surface area contributed by atoms with Crippen LogP contribution in [0.15, 0.2) is 83.3 Å². The molecular weight excluding hydrogens is 524 g/mol. The summed E-state index contributed by atoms with van der Waals surface area (Å²) in [6, 6.07) is 24.7. The van der Waals surface area contributed by atoms with E-state index in [1.165, 1.54) is 0 Å². The van der Waals surface area contributed by atoms with E-state index in [4.69, 9.17) is 11.6 Å². The molecule has 4 nitrogen and oxygen atoms in total. The molecule has 0 unspecified atom stereocenters. The predicted octanol–water partition coefficient (Wildman–Crippen LogP) is 6.59. The van der Waals surface area contributed by atoms with Gasteiger partial charge in [0.2, 0.25) is 11.8 Å². The molecule has 184 valence electrons. The van der Waals surface area contributed by atoms with E-state index in [1.54, 1.807) is 4.90 Å². The molecule has 3 rings (SSSR count). The van der Waals surface area contributed by atoms with Gasteiger partial charge in [0.1, 0.15) is 6.04 Å². The van der Waals surface area contributed by atoms with E-state index < -0.39 is 6.04 Å². The molecule has 1 N–H and O–H groups in total. The summed E-state index contributed by atoms with van der Waals surface area (Å²) in [5.74, 6) is -0.213. The summed E-state index contributed by atoms with van der Waals surface area (Å²) in [6.45, 7) is 4.35. The predicted molar refractivity (Wildman–Crippen MR) is 146 cm³/mol. The highest BCUT2D eigenvalue weighted by atomic mass is 79.9. The first-order valence-electron chi connectivity index (χ1n) is 12.0. The van der Waals surface area contributed by atoms with Gasteiger partial charge in [0.25, 0.3) is 0 Å². The van der Waals surface area contributed by atoms with E-state index in [1.807, 2.05) is 92.7 Å². The summed E-state index contributed by atoms with van der Waals surface area (Å²) >= 11 is 9.86. The van der Waals surface area contributed by atoms with Crippen LogP contribution in [0.2, 0.25) is 5.02 Å². The van der Waals surface area contributed by atoms with Crippen LogP contribution < -0.4 is 5.32 Å². The maximum Gasteiger partial charge on any atom is 0.243 e. The lowest BCUT2D eigenvalue weighted by molar-refractivity contribution is -0.141. The van der Waals surface area contributed by atoms with Crippen molar-refractivity contribution in [3.8, 4) is 0 Å². The molecule has 2 amide bonds. The van der Waals surface area contributed by atoms with Gasteiger partial charge in [-0.2, -0.15) is 0 Å². The minimum absolute atomic E-state index is 0.0201. The number of amides is 2. The lowest BCUT2D eigenvalue weighted by atomic mass is 10.0. The second kappa shape index (κ2) is 13.5. The normalized spacial score (nSPS) is 12.6. The summed E-state index contributed by atoms with van der Waals surface area (Å²) in [6.07, 6.45) is 2.03. The number of hydrogen-bond acceptors (Lipinski definition) is 2. The van der Waals surface area contributed by atoms with Crippen molar-refractivity contribution in [2.24, 2.45) is 0 Å². The lowest BCUT2D eigenvalue weighted by Crippen LogP contribution is -2.52. The van der Waals surface area contributed by atoms with Crippen LogP contribution in [0.25, 0.3) is 0 Å². The first kappa shape index (κ1) is 27.0. The zero-order valence-corrected chi connectivity index (χ0v) is 22.6. The Bertz CT molecular complexity index is 1120. The van der Waals surface area contributed by atoms with Crippen LogP contribution in [0.1, 0.15) is 43.4 Å². The highest BCUT2D eigenvalue weighted by molar-refractivity contribution is 9.10. The van der Waals surface area contributed by atoms with Crippen molar-refractivity contribution in [1.29, 1.82) is 0 Å². The molecule has 35 heavy (non-hydrogen) atoms. The second-order valence-electron chi connectivity index (χ2n) is 8.77. The van der Waals surface area contributed by atoms with Crippen LogP contribution in [0.3, 0.4) is 0 Å². The molecule has 0 heterocycles. The van der Waals surface area contributed by atoms with Crippen molar-refractivity contribution in [3.05, 3.63) is 105 Å². The number of rotatable bonds is 11. The quantitative estimate of drug-likeness (QED) is 0.290. The van der Waals surface area contributed by atoms with Crippen molar-refractivity contribution in [2.45, 2.75) is 58.2 Å². The molecule has 0 fully saturated rings. The second-order valence-corrected chi connectivity index (χ2v) is 10.1. The van der Waals surface area contributed by atoms with Crippen LogP contribution in [-0.2, 0) is 29.0 Å². The van der Waals surface area contributed by atoms with Gasteiger partial charge in [-0.3, -0.25) is 9.59 Å². The number of halogens is 2. The van der Waals surface area contributed by atoms with Crippen LogP contribution in [0.4, 0.5) is 0 Å². The van der Waals surface area contributed by atoms with E-state index in [9.17, 15) is 9.59 Å². The molecule has 0 aliphatic carbocycles. The molecule has 3 aromatic carbocycles. The molecular formula is C29H32BrClN2O2.